The van der Waals surface area contributed by atoms with Crippen LogP contribution in [0.2, 0.25) is 0 Å². The number of Topliss-reactive ketones (excluding diaryl/α,β-unsaturated/α-hetero) is 2. The number of rotatable bonds is 33. The van der Waals surface area contributed by atoms with Gasteiger partial charge in [-0.15, -0.1) is 22.7 Å². The normalized spacial score (nSPS) is 11.3. The Hall–Kier alpha value is -5.75. The molecule has 628 valence electrons. The molecular formula is C87H100BBrK3N6O20PS2. The molecule has 10 rings (SSSR count). The number of benzene rings is 6. The second-order valence-corrected chi connectivity index (χ2v) is 32.2. The number of thiophene rings is 2. The number of esters is 2. The van der Waals surface area contributed by atoms with Gasteiger partial charge in [-0.1, -0.05) is 126 Å². The molecule has 4 heterocycles. The third-order valence-electron chi connectivity index (χ3n) is 17.4. The van der Waals surface area contributed by atoms with E-state index in [0.29, 0.717) is 43.2 Å². The molecule has 10 aromatic rings. The summed E-state index contributed by atoms with van der Waals surface area (Å²) in [5.74, 6) is -0.204. The van der Waals surface area contributed by atoms with Crippen LogP contribution < -0.4 is 96.9 Å². The molecule has 0 fully saturated rings. The summed E-state index contributed by atoms with van der Waals surface area (Å²) in [7, 11) is -1.99. The van der Waals surface area contributed by atoms with E-state index in [0.717, 1.165) is 80.7 Å². The van der Waals surface area contributed by atoms with Crippen LogP contribution in [0.15, 0.2) is 197 Å². The van der Waals surface area contributed by atoms with Gasteiger partial charge in [0.05, 0.1) is 49.6 Å². The van der Waals surface area contributed by atoms with Crippen LogP contribution >= 0.6 is 46.9 Å². The fourth-order valence-electron chi connectivity index (χ4n) is 11.8. The monoisotopic (exact) mass is 1850 g/mol. The van der Waals surface area contributed by atoms with Crippen LogP contribution in [-0.4, -0.2) is 189 Å². The summed E-state index contributed by atoms with van der Waals surface area (Å²) < 4.78 is 47.1. The first-order valence-corrected chi connectivity index (χ1v) is 58.0. The third-order valence-corrected chi connectivity index (χ3v) is 19.9. The molecule has 4 N–H and O–H groups in total. The number of nitrogens with one attached hydrogen (secondary N) is 2. The molecule has 0 aliphatic heterocycles. The Morgan fingerprint density at radius 1 is 0.570 bits per heavy atom. The van der Waals surface area contributed by atoms with Crippen LogP contribution in [0, 0.1) is 13.8 Å². The fourth-order valence-corrected chi connectivity index (χ4v) is 13.8. The summed E-state index contributed by atoms with van der Waals surface area (Å²) in [6, 6.07) is 54.0. The summed E-state index contributed by atoms with van der Waals surface area (Å²) in [6.07, 6.45) is 3.21. The molecule has 0 aliphatic carbocycles. The van der Waals surface area contributed by atoms with Gasteiger partial charge >= 0.3 is 154 Å². The molecular weight excluding hydrogens is 1750 g/mol. The molecule has 0 radical (unpaired) electrons. The average molecular weight is 1850 g/mol. The molecule has 0 aliphatic rings. The van der Waals surface area contributed by atoms with Crippen molar-refractivity contribution in [1.29, 1.82) is 0 Å². The number of amides is 4. The Morgan fingerprint density at radius 3 is 1.36 bits per heavy atom. The molecule has 0 saturated heterocycles. The van der Waals surface area contributed by atoms with E-state index < -0.39 is 56.6 Å². The maximum absolute atomic E-state index is 13.1. The van der Waals surface area contributed by atoms with E-state index in [4.69, 9.17) is 43.1 Å². The van der Waals surface area contributed by atoms with Crippen LogP contribution in [-0.2, 0) is 70.2 Å². The number of hydrogen-bond donors (Lipinski definition) is 4. The van der Waals surface area contributed by atoms with Crippen LogP contribution in [0.3, 0.4) is 0 Å². The summed E-state index contributed by atoms with van der Waals surface area (Å²) in [4.78, 5) is 121. The number of hydrogen-bond acceptors (Lipinski definition) is 24. The number of fused-ring (bicyclic) bond motifs is 2. The Bertz CT molecular complexity index is 4950. The van der Waals surface area contributed by atoms with Crippen molar-refractivity contribution in [2.45, 2.75) is 150 Å². The standard InChI is InChI=1S/C43H47N3O7S.C28H36BrN3O6.C15H13BO3S.CH4.3K.HO4P/c1-29-19-21-44-38(24-29)46(42(50)53-43(2,3)4)22-9-12-39(48)45-27-34(47)25-33(26-40(49)51-5)31-13-15-32(16-14-31)35-17-18-37(41-36(35)20-23-54-41)52-28-30-10-7-6-8-11-30;1-19-12-13-30-24(15-19)32(27(36)38-28(2,3)4)14-6-7-25(34)31-18-23(33)16-21(17-26(35)37-5)20-8-10-22(29)11-9-20;17-16(18)13-6-7-14(15-12(13)8-9-20-15)19-10-11-4-2-1-3-5-11;;;;;1-4-5(2)3/h6-8,10-11,13-21,23-24,33H,9,12,22,25-28H2,1-5H3,(H,45,48);8-13,15,21H,6-7,14,16-18H2,1-5H3,(H,31,34);1-9,17-18H,10H2;1H4;;;;1H/q;;;;;;+1;/p-1/t33-;21-;;;;;;/m00....../s1. The van der Waals surface area contributed by atoms with Gasteiger partial charge in [0.15, 0.2) is 11.6 Å². The number of aromatic nitrogens is 2. The predicted molar refractivity (Wildman–Crippen MR) is 469 cm³/mol. The van der Waals surface area contributed by atoms with Crippen molar-refractivity contribution >= 4 is 202 Å². The topological polar surface area (TPSA) is 361 Å². The number of aryl methyl sites for hydroxylation is 2. The van der Waals surface area contributed by atoms with Crippen molar-refractivity contribution < 1.29 is 148 Å². The summed E-state index contributed by atoms with van der Waals surface area (Å²) >= 11 is 9.04. The summed E-state index contributed by atoms with van der Waals surface area (Å²) in [5, 5.41) is 38.5. The molecule has 3 atom stereocenters. The van der Waals surface area contributed by atoms with Crippen LogP contribution in [0.25, 0.3) is 31.3 Å². The van der Waals surface area contributed by atoms with Crippen LogP contribution in [0.5, 0.6) is 11.5 Å². The van der Waals surface area contributed by atoms with Crippen LogP contribution in [0.4, 0.5) is 21.2 Å². The number of nitrogens with zero attached hydrogens (tertiary/aromatic N) is 4. The number of ketones is 2. The SMILES string of the molecule is C.COC(=O)C[C@H](CC(=O)CNC(=O)CCCN(C(=O)OC(C)(C)C)c1cc(C)ccn1)c1ccc(-c2ccc(OCc3ccccc3)c3sccc23)cc1.COC(=O)C[C@H](CC(=O)CNC(=O)CCCN(C(=O)OC(C)(C)C)c1cc(C)ccn1)c1ccc(Br)cc1.O=[P+]([O-])O[O-].OB(O)c1ccc(OCc2ccccc2)c2sccc12.[K+].[K][K]. The molecule has 4 amide bonds. The van der Waals surface area contributed by atoms with Crippen molar-refractivity contribution in [3.8, 4) is 22.6 Å². The van der Waals surface area contributed by atoms with E-state index in [1.54, 1.807) is 89.5 Å². The van der Waals surface area contributed by atoms with Gasteiger partial charge in [0.25, 0.3) is 0 Å². The molecule has 1 unspecified atom stereocenters. The quantitative estimate of drug-likeness (QED) is 0.00741. The van der Waals surface area contributed by atoms with E-state index in [-0.39, 0.29) is 153 Å². The fraction of sp³-hybridized carbons (Fsp3) is 0.333. The number of ether oxygens (including phenoxy) is 6. The first-order chi connectivity index (χ1) is 56.8. The zero-order valence-electron chi connectivity index (χ0n) is 69.8. The molecule has 6 aromatic carbocycles. The van der Waals surface area contributed by atoms with E-state index >= 15 is 0 Å². The van der Waals surface area contributed by atoms with Crippen molar-refractivity contribution in [3.63, 3.8) is 0 Å². The summed E-state index contributed by atoms with van der Waals surface area (Å²) in [5.41, 5.74) is 6.90. The first kappa shape index (κ1) is 108. The number of halogens is 1. The zero-order chi connectivity index (χ0) is 87.2. The van der Waals surface area contributed by atoms with Crippen molar-refractivity contribution in [3.05, 3.63) is 231 Å². The second kappa shape index (κ2) is 56.4. The Morgan fingerprint density at radius 2 is 0.967 bits per heavy atom. The van der Waals surface area contributed by atoms with E-state index in [2.05, 4.69) is 58.7 Å². The van der Waals surface area contributed by atoms with Crippen molar-refractivity contribution in [1.82, 2.24) is 20.6 Å². The van der Waals surface area contributed by atoms with Gasteiger partial charge < -0.3 is 59.3 Å². The van der Waals surface area contributed by atoms with Gasteiger partial charge in [0.2, 0.25) is 11.8 Å². The number of carbonyl (C=O) groups is 8. The predicted octanol–water partition coefficient (Wildman–Crippen LogP) is 11.2. The minimum absolute atomic E-state index is 0. The number of methoxy groups -OCH3 is 2. The van der Waals surface area contributed by atoms with Crippen LogP contribution in [0.1, 0.15) is 146 Å². The molecule has 34 heteroatoms. The van der Waals surface area contributed by atoms with Gasteiger partial charge in [-0.3, -0.25) is 38.6 Å². The number of pyridine rings is 2. The Labute approximate surface area is 812 Å². The van der Waals surface area contributed by atoms with Crippen molar-refractivity contribution in [2.75, 3.05) is 50.2 Å². The van der Waals surface area contributed by atoms with E-state index in [9.17, 15) is 48.4 Å². The van der Waals surface area contributed by atoms with Crippen molar-refractivity contribution in [2.24, 2.45) is 0 Å². The minimum atomic E-state index is -3.15. The Balaban J connectivity index is 0.000000396. The molecule has 26 nitrogen and oxygen atoms in total. The maximum atomic E-state index is 13.1. The van der Waals surface area contributed by atoms with Gasteiger partial charge in [-0.25, -0.2) is 24.2 Å². The second-order valence-electron chi connectivity index (χ2n) is 28.8. The van der Waals surface area contributed by atoms with Gasteiger partial charge in [-0.05, 0) is 206 Å². The Kier molecular flexibility index (Phi) is 50.1. The number of carbonyl (C=O) groups excluding carboxylic acids is 8. The molecule has 121 heavy (non-hydrogen) atoms. The molecule has 0 bridgehead atoms. The van der Waals surface area contributed by atoms with E-state index in [1.807, 2.05) is 153 Å². The summed E-state index contributed by atoms with van der Waals surface area (Å²) in [6.45, 7) is 15.6. The molecule has 0 spiro atoms. The average Bonchev–Trinajstić information content (AvgIpc) is 1.70. The third kappa shape index (κ3) is 39.0. The van der Waals surface area contributed by atoms with E-state index in [1.165, 1.54) is 98.5 Å². The molecule has 4 aromatic heterocycles. The zero-order valence-corrected chi connectivity index (χ0v) is 83.3. The number of anilines is 2. The van der Waals surface area contributed by atoms with Gasteiger partial charge in [0, 0.05) is 72.9 Å². The molecule has 0 saturated carbocycles. The van der Waals surface area contributed by atoms with Gasteiger partial charge in [-0.2, -0.15) is 0 Å². The first-order valence-electron chi connectivity index (χ1n) is 38.4. The van der Waals surface area contributed by atoms with Gasteiger partial charge in [0.1, 0.15) is 47.6 Å².